The largest absolute Gasteiger partial charge is 0.490 e. The summed E-state index contributed by atoms with van der Waals surface area (Å²) in [5, 5.41) is 33.0. The van der Waals surface area contributed by atoms with E-state index in [1.54, 1.807) is 24.3 Å². The molecule has 0 aromatic heterocycles. The Balaban J connectivity index is 0.00000146. The molecule has 57 heavy (non-hydrogen) atoms. The highest BCUT2D eigenvalue weighted by atomic mass is 19.4. The number of alkyl halides is 3. The van der Waals surface area contributed by atoms with E-state index in [0.717, 1.165) is 16.7 Å². The number of guanidine groups is 1. The third-order valence-corrected chi connectivity index (χ3v) is 8.15. The van der Waals surface area contributed by atoms with Crippen molar-refractivity contribution in [2.45, 2.75) is 69.3 Å². The Morgan fingerprint density at radius 3 is 1.79 bits per heavy atom. The van der Waals surface area contributed by atoms with Gasteiger partial charge in [-0.2, -0.15) is 13.2 Å². The maximum atomic E-state index is 13.9. The SMILES string of the molecule is N=C(N)NCCC[C@H](NC(=O)[C@H](CCCCNC(=O)OCc1ccccc1)NC(=O)[C@H](Cc1ccc(C(=N)N)cc1)c1ccccc1)C(N)=O.O=C(O)C(F)(F)F. The summed E-state index contributed by atoms with van der Waals surface area (Å²) in [6.07, 6.45) is -3.60. The van der Waals surface area contributed by atoms with Crippen LogP contribution in [0.1, 0.15) is 60.3 Å². The minimum atomic E-state index is -5.08. The molecule has 19 heteroatoms. The maximum absolute atomic E-state index is 13.9. The van der Waals surface area contributed by atoms with Crippen molar-refractivity contribution in [1.82, 2.24) is 21.3 Å². The highest BCUT2D eigenvalue weighted by molar-refractivity contribution is 5.95. The fourth-order valence-corrected chi connectivity index (χ4v) is 5.17. The fraction of sp³-hybridized carbons (Fsp3) is 0.342. The number of nitrogens with one attached hydrogen (secondary N) is 6. The van der Waals surface area contributed by atoms with Gasteiger partial charge < -0.3 is 48.3 Å². The molecule has 3 rings (SSSR count). The van der Waals surface area contributed by atoms with Crippen LogP contribution >= 0.6 is 0 Å². The summed E-state index contributed by atoms with van der Waals surface area (Å²) in [7, 11) is 0. The van der Waals surface area contributed by atoms with Crippen molar-refractivity contribution in [3.8, 4) is 0 Å². The number of carboxylic acid groups (broad SMARTS) is 1. The molecule has 0 radical (unpaired) electrons. The molecule has 0 heterocycles. The first-order chi connectivity index (χ1) is 27.0. The Kier molecular flexibility index (Phi) is 19.6. The Labute approximate surface area is 327 Å². The second kappa shape index (κ2) is 24.0. The minimum Gasteiger partial charge on any atom is -0.475 e. The fourth-order valence-electron chi connectivity index (χ4n) is 5.17. The molecule has 4 amide bonds. The number of aliphatic carboxylic acids is 1. The number of unbranched alkanes of at least 4 members (excludes halogenated alkanes) is 1. The van der Waals surface area contributed by atoms with Crippen LogP contribution in [0.3, 0.4) is 0 Å². The van der Waals surface area contributed by atoms with Gasteiger partial charge >= 0.3 is 18.2 Å². The Hall–Kier alpha value is -6.66. The number of alkyl carbamates (subject to hydrolysis) is 1. The summed E-state index contributed by atoms with van der Waals surface area (Å²) in [5.74, 6) is -5.40. The number of primary amides is 1. The molecule has 0 bridgehead atoms. The number of amides is 4. The summed E-state index contributed by atoms with van der Waals surface area (Å²) in [6.45, 7) is 0.726. The molecule has 13 N–H and O–H groups in total. The lowest BCUT2D eigenvalue weighted by Gasteiger charge is -2.25. The van der Waals surface area contributed by atoms with Crippen LogP contribution in [0.15, 0.2) is 84.9 Å². The number of hydrogen-bond acceptors (Lipinski definition) is 8. The second-order valence-corrected chi connectivity index (χ2v) is 12.6. The van der Waals surface area contributed by atoms with Crippen molar-refractivity contribution < 1.29 is 47.0 Å². The summed E-state index contributed by atoms with van der Waals surface area (Å²) >= 11 is 0. The third-order valence-electron chi connectivity index (χ3n) is 8.15. The van der Waals surface area contributed by atoms with Crippen molar-refractivity contribution in [2.75, 3.05) is 13.1 Å². The minimum absolute atomic E-state index is 0.0635. The number of rotatable bonds is 20. The molecule has 0 saturated carbocycles. The zero-order chi connectivity index (χ0) is 42.4. The molecule has 308 valence electrons. The van der Waals surface area contributed by atoms with E-state index in [9.17, 15) is 32.3 Å². The molecule has 0 aliphatic rings. The zero-order valence-electron chi connectivity index (χ0n) is 30.9. The first-order valence-corrected chi connectivity index (χ1v) is 17.7. The van der Waals surface area contributed by atoms with Crippen molar-refractivity contribution in [1.29, 1.82) is 10.8 Å². The van der Waals surface area contributed by atoms with Crippen molar-refractivity contribution in [2.24, 2.45) is 17.2 Å². The number of amidine groups is 1. The van der Waals surface area contributed by atoms with E-state index in [4.69, 9.17) is 42.7 Å². The van der Waals surface area contributed by atoms with Crippen LogP contribution in [0.2, 0.25) is 0 Å². The molecule has 0 saturated heterocycles. The summed E-state index contributed by atoms with van der Waals surface area (Å²) in [5.41, 5.74) is 19.5. The van der Waals surface area contributed by atoms with Crippen LogP contribution in [-0.2, 0) is 36.9 Å². The van der Waals surface area contributed by atoms with E-state index < -0.39 is 54.0 Å². The first-order valence-electron chi connectivity index (χ1n) is 17.7. The van der Waals surface area contributed by atoms with E-state index in [2.05, 4.69) is 21.3 Å². The summed E-state index contributed by atoms with van der Waals surface area (Å²) in [6, 6.07) is 23.5. The Morgan fingerprint density at radius 2 is 1.25 bits per heavy atom. The molecule has 0 aliphatic carbocycles. The van der Waals surface area contributed by atoms with Gasteiger partial charge in [-0.3, -0.25) is 25.2 Å². The lowest BCUT2D eigenvalue weighted by molar-refractivity contribution is -0.192. The van der Waals surface area contributed by atoms with Crippen LogP contribution in [0.4, 0.5) is 18.0 Å². The molecule has 3 aromatic rings. The van der Waals surface area contributed by atoms with Crippen LogP contribution in [0, 0.1) is 10.8 Å². The highest BCUT2D eigenvalue weighted by Gasteiger charge is 2.38. The number of nitrogens with two attached hydrogens (primary N) is 3. The van der Waals surface area contributed by atoms with Crippen LogP contribution in [0.25, 0.3) is 0 Å². The lowest BCUT2D eigenvalue weighted by atomic mass is 9.90. The van der Waals surface area contributed by atoms with E-state index in [1.807, 2.05) is 60.7 Å². The average Bonchev–Trinajstić information content (AvgIpc) is 3.17. The van der Waals surface area contributed by atoms with Gasteiger partial charge in [-0.1, -0.05) is 84.9 Å². The van der Waals surface area contributed by atoms with Crippen molar-refractivity contribution in [3.05, 3.63) is 107 Å². The predicted molar refractivity (Wildman–Crippen MR) is 205 cm³/mol. The summed E-state index contributed by atoms with van der Waals surface area (Å²) < 4.78 is 37.0. The number of benzene rings is 3. The zero-order valence-corrected chi connectivity index (χ0v) is 30.9. The number of halogens is 3. The average molecular weight is 800 g/mol. The molecule has 0 unspecified atom stereocenters. The molecule has 3 atom stereocenters. The molecule has 3 aromatic carbocycles. The van der Waals surface area contributed by atoms with E-state index in [1.165, 1.54) is 0 Å². The number of carbonyl (C=O) groups excluding carboxylic acids is 4. The molecule has 0 fully saturated rings. The molecular weight excluding hydrogens is 751 g/mol. The van der Waals surface area contributed by atoms with Gasteiger partial charge in [0, 0.05) is 18.7 Å². The Morgan fingerprint density at radius 1 is 0.702 bits per heavy atom. The van der Waals surface area contributed by atoms with Gasteiger partial charge in [-0.15, -0.1) is 0 Å². The number of nitrogen functional groups attached to an aromatic ring is 1. The number of ether oxygens (including phenoxy) is 1. The van der Waals surface area contributed by atoms with Gasteiger partial charge in [0.05, 0.1) is 5.92 Å². The van der Waals surface area contributed by atoms with Gasteiger partial charge in [-0.25, -0.2) is 9.59 Å². The van der Waals surface area contributed by atoms with Crippen LogP contribution in [-0.4, -0.2) is 78.0 Å². The maximum Gasteiger partial charge on any atom is 0.490 e. The first kappa shape index (κ1) is 46.5. The molecular formula is C38H48F3N9O7. The molecule has 16 nitrogen and oxygen atoms in total. The van der Waals surface area contributed by atoms with Gasteiger partial charge in [0.2, 0.25) is 17.7 Å². The van der Waals surface area contributed by atoms with E-state index in [0.29, 0.717) is 37.8 Å². The van der Waals surface area contributed by atoms with Gasteiger partial charge in [0.1, 0.15) is 24.5 Å². The normalized spacial score (nSPS) is 12.3. The second-order valence-electron chi connectivity index (χ2n) is 12.6. The van der Waals surface area contributed by atoms with Crippen molar-refractivity contribution >= 4 is 41.6 Å². The van der Waals surface area contributed by atoms with Gasteiger partial charge in [0.25, 0.3) is 0 Å². The number of hydrogen-bond donors (Lipinski definition) is 10. The molecule has 0 spiro atoms. The van der Waals surface area contributed by atoms with Gasteiger partial charge in [-0.05, 0) is 55.2 Å². The monoisotopic (exact) mass is 799 g/mol. The number of carbonyl (C=O) groups is 5. The lowest BCUT2D eigenvalue weighted by Crippen LogP contribution is -2.53. The highest BCUT2D eigenvalue weighted by Crippen LogP contribution is 2.23. The topological polar surface area (TPSA) is 289 Å². The van der Waals surface area contributed by atoms with Crippen molar-refractivity contribution in [3.63, 3.8) is 0 Å². The molecule has 0 aliphatic heterocycles. The number of carboxylic acids is 1. The standard InChI is InChI=1S/C36H47N9O5.C2HF3O2/c37-31(38)27-18-16-24(17-19-27)22-28(26-12-5-2-6-13-26)33(47)45-30(34(48)44-29(32(39)46)15-9-21-42-35(40)41)14-7-8-20-43-36(49)50-23-25-10-3-1-4-11-25;3-2(4,5)1(6)7/h1-6,10-13,16-19,28-30H,7-9,14-15,20-23H2,(H3,37,38)(H2,39,46)(H,43,49)(H,44,48)(H,45,47)(H4,40,41,42);(H,6,7)/t28-,29+,30+;/m1./s1. The van der Waals surface area contributed by atoms with Crippen LogP contribution < -0.4 is 38.5 Å². The Bertz CT molecular complexity index is 1780. The van der Waals surface area contributed by atoms with Gasteiger partial charge in [0.15, 0.2) is 5.96 Å². The third kappa shape index (κ3) is 18.5. The van der Waals surface area contributed by atoms with E-state index in [-0.39, 0.29) is 37.8 Å². The smallest absolute Gasteiger partial charge is 0.475 e. The quantitative estimate of drug-likeness (QED) is 0.0453. The summed E-state index contributed by atoms with van der Waals surface area (Å²) in [4.78, 5) is 60.9. The predicted octanol–water partition coefficient (Wildman–Crippen LogP) is 2.75. The van der Waals surface area contributed by atoms with E-state index >= 15 is 0 Å². The van der Waals surface area contributed by atoms with Crippen LogP contribution in [0.5, 0.6) is 0 Å².